The van der Waals surface area contributed by atoms with Gasteiger partial charge in [-0.1, -0.05) is 18.2 Å². The highest BCUT2D eigenvalue weighted by Gasteiger charge is 2.07. The number of nitrogens with one attached hydrogen (secondary N) is 3. The first-order chi connectivity index (χ1) is 14.0. The minimum absolute atomic E-state index is 0.0510. The van der Waals surface area contributed by atoms with Crippen LogP contribution in [0.2, 0.25) is 0 Å². The van der Waals surface area contributed by atoms with Crippen molar-refractivity contribution in [1.82, 2.24) is 16.0 Å². The van der Waals surface area contributed by atoms with E-state index in [2.05, 4.69) is 20.9 Å². The number of methoxy groups -OCH3 is 1. The van der Waals surface area contributed by atoms with Gasteiger partial charge in [-0.15, -0.1) is 0 Å². The summed E-state index contributed by atoms with van der Waals surface area (Å²) in [6.07, 6.45) is 0.728. The van der Waals surface area contributed by atoms with E-state index in [1.54, 1.807) is 27.3 Å². The fourth-order valence-corrected chi connectivity index (χ4v) is 2.75. The van der Waals surface area contributed by atoms with E-state index in [0.29, 0.717) is 24.6 Å². The third-order valence-corrected chi connectivity index (χ3v) is 4.28. The van der Waals surface area contributed by atoms with Crippen LogP contribution in [0.5, 0.6) is 11.5 Å². The predicted octanol–water partition coefficient (Wildman–Crippen LogP) is 2.23. The van der Waals surface area contributed by atoms with Crippen LogP contribution in [-0.2, 0) is 6.42 Å². The van der Waals surface area contributed by atoms with Crippen molar-refractivity contribution in [2.45, 2.75) is 19.4 Å². The molecule has 0 bridgehead atoms. The number of rotatable bonds is 9. The fraction of sp³-hybridized carbons (Fsp3) is 0.364. The third-order valence-electron chi connectivity index (χ3n) is 4.28. The first-order valence-electron chi connectivity index (χ1n) is 9.62. The molecule has 3 N–H and O–H groups in total. The molecule has 1 amide bonds. The quantitative estimate of drug-likeness (QED) is 0.446. The molecular formula is C22H30N4O3. The lowest BCUT2D eigenvalue weighted by atomic mass is 10.1. The van der Waals surface area contributed by atoms with Gasteiger partial charge in [-0.2, -0.15) is 0 Å². The number of guanidine groups is 1. The summed E-state index contributed by atoms with van der Waals surface area (Å²) in [6, 6.07) is 15.1. The van der Waals surface area contributed by atoms with Crippen LogP contribution < -0.4 is 25.4 Å². The van der Waals surface area contributed by atoms with Crippen molar-refractivity contribution in [2.75, 3.05) is 34.3 Å². The van der Waals surface area contributed by atoms with Crippen molar-refractivity contribution in [1.29, 1.82) is 0 Å². The molecule has 156 valence electrons. The first-order valence-corrected chi connectivity index (χ1v) is 9.62. The second kappa shape index (κ2) is 11.6. The number of ether oxygens (including phenoxy) is 2. The van der Waals surface area contributed by atoms with Gasteiger partial charge >= 0.3 is 0 Å². The monoisotopic (exact) mass is 398 g/mol. The highest BCUT2D eigenvalue weighted by atomic mass is 16.5. The summed E-state index contributed by atoms with van der Waals surface area (Å²) in [6.45, 7) is 3.29. The smallest absolute Gasteiger partial charge is 0.251 e. The number of aliphatic imine (C=N–C) groups is 1. The van der Waals surface area contributed by atoms with Gasteiger partial charge in [0.25, 0.3) is 5.91 Å². The van der Waals surface area contributed by atoms with Crippen LogP contribution in [0.25, 0.3) is 0 Å². The fourth-order valence-electron chi connectivity index (χ4n) is 2.75. The Bertz CT molecular complexity index is 823. The van der Waals surface area contributed by atoms with E-state index in [-0.39, 0.29) is 12.0 Å². The Hall–Kier alpha value is -3.22. The minimum atomic E-state index is -0.0812. The Balaban J connectivity index is 1.77. The maximum atomic E-state index is 11.7. The third kappa shape index (κ3) is 7.37. The van der Waals surface area contributed by atoms with Gasteiger partial charge in [-0.05, 0) is 43.2 Å². The van der Waals surface area contributed by atoms with E-state index in [4.69, 9.17) is 9.47 Å². The number of carbonyl (C=O) groups excluding carboxylic acids is 1. The summed E-state index contributed by atoms with van der Waals surface area (Å²) in [5, 5.41) is 9.18. The average molecular weight is 399 g/mol. The van der Waals surface area contributed by atoms with Crippen molar-refractivity contribution in [3.63, 3.8) is 0 Å². The molecule has 0 aromatic heterocycles. The van der Waals surface area contributed by atoms with Crippen LogP contribution in [0.3, 0.4) is 0 Å². The number of benzene rings is 2. The molecule has 1 unspecified atom stereocenters. The standard InChI is InChI=1S/C22H30N4O3/c1-16(29-20-10-6-9-19(14-20)28-4)15-26-22(24-3)25-12-11-17-7-5-8-18(13-17)21(27)23-2/h5-10,13-14,16H,11-12,15H2,1-4H3,(H,23,27)(H2,24,25,26). The van der Waals surface area contributed by atoms with Gasteiger partial charge in [0.1, 0.15) is 17.6 Å². The SMILES string of the molecule is CN=C(NCCc1cccc(C(=O)NC)c1)NCC(C)Oc1cccc(OC)c1. The Kier molecular flexibility index (Phi) is 8.82. The molecule has 0 spiro atoms. The van der Waals surface area contributed by atoms with Crippen molar-refractivity contribution in [2.24, 2.45) is 4.99 Å². The molecule has 0 fully saturated rings. The average Bonchev–Trinajstić information content (AvgIpc) is 2.75. The van der Waals surface area contributed by atoms with Gasteiger partial charge in [0.05, 0.1) is 13.7 Å². The van der Waals surface area contributed by atoms with Crippen LogP contribution in [0.4, 0.5) is 0 Å². The molecular weight excluding hydrogens is 368 g/mol. The van der Waals surface area contributed by atoms with Gasteiger partial charge < -0.3 is 25.4 Å². The van der Waals surface area contributed by atoms with E-state index in [0.717, 1.165) is 23.5 Å². The lowest BCUT2D eigenvalue weighted by Gasteiger charge is -2.18. The topological polar surface area (TPSA) is 84.0 Å². The highest BCUT2D eigenvalue weighted by molar-refractivity contribution is 5.94. The summed E-state index contributed by atoms with van der Waals surface area (Å²) >= 11 is 0. The summed E-state index contributed by atoms with van der Waals surface area (Å²) < 4.78 is 11.1. The summed E-state index contributed by atoms with van der Waals surface area (Å²) in [4.78, 5) is 16.0. The molecule has 0 saturated carbocycles. The number of amides is 1. The largest absolute Gasteiger partial charge is 0.497 e. The van der Waals surface area contributed by atoms with Crippen LogP contribution >= 0.6 is 0 Å². The molecule has 0 aliphatic heterocycles. The molecule has 0 aliphatic rings. The molecule has 2 rings (SSSR count). The molecule has 0 saturated heterocycles. The van der Waals surface area contributed by atoms with E-state index >= 15 is 0 Å². The van der Waals surface area contributed by atoms with E-state index < -0.39 is 0 Å². The van der Waals surface area contributed by atoms with Crippen molar-refractivity contribution >= 4 is 11.9 Å². The zero-order chi connectivity index (χ0) is 21.1. The maximum Gasteiger partial charge on any atom is 0.251 e. The minimum Gasteiger partial charge on any atom is -0.497 e. The van der Waals surface area contributed by atoms with E-state index in [1.807, 2.05) is 49.4 Å². The first kappa shape index (κ1) is 22.1. The lowest BCUT2D eigenvalue weighted by Crippen LogP contribution is -2.42. The molecule has 0 heterocycles. The molecule has 7 nitrogen and oxygen atoms in total. The Labute approximate surface area is 172 Å². The van der Waals surface area contributed by atoms with Crippen LogP contribution in [0.15, 0.2) is 53.5 Å². The van der Waals surface area contributed by atoms with Crippen molar-refractivity contribution < 1.29 is 14.3 Å². The number of hydrogen-bond donors (Lipinski definition) is 3. The number of carbonyl (C=O) groups is 1. The summed E-state index contributed by atoms with van der Waals surface area (Å²) in [5.74, 6) is 2.15. The van der Waals surface area contributed by atoms with Crippen LogP contribution in [-0.4, -0.2) is 52.3 Å². The van der Waals surface area contributed by atoms with Gasteiger partial charge in [0.15, 0.2) is 5.96 Å². The zero-order valence-electron chi connectivity index (χ0n) is 17.5. The molecule has 29 heavy (non-hydrogen) atoms. The van der Waals surface area contributed by atoms with Crippen molar-refractivity contribution in [3.05, 3.63) is 59.7 Å². The van der Waals surface area contributed by atoms with Gasteiger partial charge in [-0.25, -0.2) is 0 Å². The van der Waals surface area contributed by atoms with Crippen LogP contribution in [0, 0.1) is 0 Å². The van der Waals surface area contributed by atoms with E-state index in [1.165, 1.54) is 0 Å². The molecule has 2 aromatic rings. The van der Waals surface area contributed by atoms with Gasteiger partial charge in [0, 0.05) is 32.3 Å². The Morgan fingerprint density at radius 2 is 1.86 bits per heavy atom. The lowest BCUT2D eigenvalue weighted by molar-refractivity contribution is 0.0963. The highest BCUT2D eigenvalue weighted by Crippen LogP contribution is 2.19. The van der Waals surface area contributed by atoms with Crippen LogP contribution in [0.1, 0.15) is 22.8 Å². The molecule has 2 aromatic carbocycles. The summed E-state index contributed by atoms with van der Waals surface area (Å²) in [5.41, 5.74) is 1.75. The number of nitrogens with zero attached hydrogens (tertiary/aromatic N) is 1. The molecule has 1 atom stereocenters. The Morgan fingerprint density at radius 1 is 1.10 bits per heavy atom. The van der Waals surface area contributed by atoms with Gasteiger partial charge in [-0.3, -0.25) is 9.79 Å². The predicted molar refractivity (Wildman–Crippen MR) is 116 cm³/mol. The van der Waals surface area contributed by atoms with Crippen molar-refractivity contribution in [3.8, 4) is 11.5 Å². The second-order valence-electron chi connectivity index (χ2n) is 6.52. The molecule has 0 aliphatic carbocycles. The number of hydrogen-bond acceptors (Lipinski definition) is 4. The normalized spacial score (nSPS) is 12.1. The van der Waals surface area contributed by atoms with Gasteiger partial charge in [0.2, 0.25) is 0 Å². The van der Waals surface area contributed by atoms with E-state index in [9.17, 15) is 4.79 Å². The second-order valence-corrected chi connectivity index (χ2v) is 6.52. The zero-order valence-corrected chi connectivity index (χ0v) is 17.5. The summed E-state index contributed by atoms with van der Waals surface area (Å²) in [7, 11) is 4.99. The molecule has 7 heteroatoms. The maximum absolute atomic E-state index is 11.7. The molecule has 0 radical (unpaired) electrons. The Morgan fingerprint density at radius 3 is 2.59 bits per heavy atom.